The highest BCUT2D eigenvalue weighted by atomic mass is 16.5. The van der Waals surface area contributed by atoms with Gasteiger partial charge in [-0.2, -0.15) is 0 Å². The van der Waals surface area contributed by atoms with Crippen LogP contribution in [0.2, 0.25) is 0 Å². The molecule has 0 radical (unpaired) electrons. The summed E-state index contributed by atoms with van der Waals surface area (Å²) in [6.07, 6.45) is 1.18. The molecular weight excluding hydrogens is 370 g/mol. The zero-order valence-corrected chi connectivity index (χ0v) is 17.2. The van der Waals surface area contributed by atoms with E-state index in [1.54, 1.807) is 32.2 Å². The lowest BCUT2D eigenvalue weighted by Gasteiger charge is -2.11. The van der Waals surface area contributed by atoms with Crippen LogP contribution < -0.4 is 15.4 Å². The Morgan fingerprint density at radius 1 is 1.00 bits per heavy atom. The van der Waals surface area contributed by atoms with E-state index in [0.29, 0.717) is 37.5 Å². The van der Waals surface area contributed by atoms with Crippen molar-refractivity contribution in [2.24, 2.45) is 0 Å². The van der Waals surface area contributed by atoms with Crippen molar-refractivity contribution in [2.45, 2.75) is 12.8 Å². The van der Waals surface area contributed by atoms with E-state index in [2.05, 4.69) is 10.6 Å². The zero-order chi connectivity index (χ0) is 21.1. The number of ether oxygens (including phenoxy) is 2. The van der Waals surface area contributed by atoms with Crippen molar-refractivity contribution in [1.29, 1.82) is 0 Å². The molecule has 0 fully saturated rings. The lowest BCUT2D eigenvalue weighted by molar-refractivity contribution is -0.128. The molecule has 2 rings (SSSR count). The van der Waals surface area contributed by atoms with Crippen LogP contribution in [-0.4, -0.2) is 57.7 Å². The monoisotopic (exact) mass is 399 g/mol. The van der Waals surface area contributed by atoms with Gasteiger partial charge in [-0.15, -0.1) is 0 Å². The predicted octanol–water partition coefficient (Wildman–Crippen LogP) is 2.78. The molecule has 2 aromatic rings. The van der Waals surface area contributed by atoms with Crippen LogP contribution in [0.5, 0.6) is 5.75 Å². The number of anilines is 2. The maximum absolute atomic E-state index is 12.2. The van der Waals surface area contributed by atoms with Gasteiger partial charge in [0, 0.05) is 45.1 Å². The number of rotatable bonds is 11. The third kappa shape index (κ3) is 8.23. The largest absolute Gasteiger partial charge is 0.491 e. The van der Waals surface area contributed by atoms with E-state index in [1.807, 2.05) is 42.5 Å². The van der Waals surface area contributed by atoms with E-state index >= 15 is 0 Å². The minimum absolute atomic E-state index is 0.108. The average Bonchev–Trinajstić information content (AvgIpc) is 2.71. The molecule has 0 aromatic heterocycles. The summed E-state index contributed by atoms with van der Waals surface area (Å²) in [5.41, 5.74) is 2.60. The first-order valence-corrected chi connectivity index (χ1v) is 9.52. The average molecular weight is 399 g/mol. The summed E-state index contributed by atoms with van der Waals surface area (Å²) in [5.74, 6) is 0.632. The molecule has 7 heteroatoms. The van der Waals surface area contributed by atoms with Crippen LogP contribution in [0.25, 0.3) is 0 Å². The zero-order valence-electron chi connectivity index (χ0n) is 17.2. The number of methoxy groups -OCH3 is 1. The molecule has 0 saturated heterocycles. The van der Waals surface area contributed by atoms with Gasteiger partial charge in [0.25, 0.3) is 0 Å². The highest BCUT2D eigenvalue weighted by molar-refractivity contribution is 5.93. The molecular formula is C22H29N3O4. The van der Waals surface area contributed by atoms with Gasteiger partial charge < -0.3 is 25.0 Å². The Hall–Kier alpha value is -3.06. The molecule has 0 heterocycles. The SMILES string of the molecule is COCCOc1cccc(NC(=O)CNc2ccc(CCC(=O)N(C)C)cc2)c1. The van der Waals surface area contributed by atoms with Crippen LogP contribution in [0.15, 0.2) is 48.5 Å². The smallest absolute Gasteiger partial charge is 0.243 e. The second kappa shape index (κ2) is 11.7. The molecule has 29 heavy (non-hydrogen) atoms. The van der Waals surface area contributed by atoms with Crippen LogP contribution in [0.4, 0.5) is 11.4 Å². The van der Waals surface area contributed by atoms with E-state index in [4.69, 9.17) is 9.47 Å². The summed E-state index contributed by atoms with van der Waals surface area (Å²) < 4.78 is 10.5. The molecule has 0 aliphatic rings. The van der Waals surface area contributed by atoms with Crippen molar-refractivity contribution in [3.8, 4) is 5.75 Å². The van der Waals surface area contributed by atoms with Crippen LogP contribution >= 0.6 is 0 Å². The molecule has 2 N–H and O–H groups in total. The summed E-state index contributed by atoms with van der Waals surface area (Å²) in [7, 11) is 5.13. The quantitative estimate of drug-likeness (QED) is 0.568. The van der Waals surface area contributed by atoms with Crippen molar-refractivity contribution < 1.29 is 19.1 Å². The summed E-state index contributed by atoms with van der Waals surface area (Å²) in [5, 5.41) is 5.94. The van der Waals surface area contributed by atoms with Crippen molar-refractivity contribution in [3.05, 3.63) is 54.1 Å². The maximum Gasteiger partial charge on any atom is 0.243 e. The minimum atomic E-state index is -0.153. The normalized spacial score (nSPS) is 10.3. The lowest BCUT2D eigenvalue weighted by Crippen LogP contribution is -2.22. The number of hydrogen-bond acceptors (Lipinski definition) is 5. The summed E-state index contributed by atoms with van der Waals surface area (Å²) >= 11 is 0. The van der Waals surface area contributed by atoms with Gasteiger partial charge in [-0.1, -0.05) is 18.2 Å². The second-order valence-corrected chi connectivity index (χ2v) is 6.76. The van der Waals surface area contributed by atoms with Crippen molar-refractivity contribution in [3.63, 3.8) is 0 Å². The van der Waals surface area contributed by atoms with E-state index in [1.165, 1.54) is 0 Å². The highest BCUT2D eigenvalue weighted by Crippen LogP contribution is 2.17. The molecule has 0 spiro atoms. The Kier molecular flexibility index (Phi) is 8.98. The van der Waals surface area contributed by atoms with Gasteiger partial charge in [-0.25, -0.2) is 0 Å². The lowest BCUT2D eigenvalue weighted by atomic mass is 10.1. The third-order valence-corrected chi connectivity index (χ3v) is 4.21. The molecule has 0 saturated carbocycles. The number of carbonyl (C=O) groups is 2. The van der Waals surface area contributed by atoms with E-state index in [-0.39, 0.29) is 18.4 Å². The number of aryl methyl sites for hydroxylation is 1. The van der Waals surface area contributed by atoms with Crippen LogP contribution in [-0.2, 0) is 20.7 Å². The van der Waals surface area contributed by atoms with Gasteiger partial charge in [0.2, 0.25) is 11.8 Å². The Bertz CT molecular complexity index is 791. The van der Waals surface area contributed by atoms with Crippen molar-refractivity contribution >= 4 is 23.2 Å². The molecule has 0 unspecified atom stereocenters. The number of nitrogens with one attached hydrogen (secondary N) is 2. The summed E-state index contributed by atoms with van der Waals surface area (Å²) in [4.78, 5) is 25.4. The summed E-state index contributed by atoms with van der Waals surface area (Å²) in [6.45, 7) is 1.10. The standard InChI is InChI=1S/C22H29N3O4/c1-25(2)22(27)12-9-17-7-10-18(11-8-17)23-16-21(26)24-19-5-4-6-20(15-19)29-14-13-28-3/h4-8,10-11,15,23H,9,12-14,16H2,1-3H3,(H,24,26). The van der Waals surface area contributed by atoms with E-state index in [9.17, 15) is 9.59 Å². The van der Waals surface area contributed by atoms with Gasteiger partial charge in [0.15, 0.2) is 0 Å². The Morgan fingerprint density at radius 3 is 2.45 bits per heavy atom. The van der Waals surface area contributed by atoms with Gasteiger partial charge in [0.05, 0.1) is 13.2 Å². The molecule has 7 nitrogen and oxygen atoms in total. The summed E-state index contributed by atoms with van der Waals surface area (Å²) in [6, 6.07) is 15.0. The Morgan fingerprint density at radius 2 is 1.76 bits per heavy atom. The Labute approximate surface area is 172 Å². The fourth-order valence-electron chi connectivity index (χ4n) is 2.56. The first-order chi connectivity index (χ1) is 14.0. The fraction of sp³-hybridized carbons (Fsp3) is 0.364. The Balaban J connectivity index is 1.77. The molecule has 2 aromatic carbocycles. The van der Waals surface area contributed by atoms with Crippen LogP contribution in [0, 0.1) is 0 Å². The second-order valence-electron chi connectivity index (χ2n) is 6.76. The van der Waals surface area contributed by atoms with Gasteiger partial charge >= 0.3 is 0 Å². The van der Waals surface area contributed by atoms with Gasteiger partial charge in [-0.05, 0) is 36.2 Å². The van der Waals surface area contributed by atoms with Crippen LogP contribution in [0.3, 0.4) is 0 Å². The van der Waals surface area contributed by atoms with E-state index < -0.39 is 0 Å². The van der Waals surface area contributed by atoms with Gasteiger partial charge in [0.1, 0.15) is 12.4 Å². The molecule has 0 atom stereocenters. The number of nitrogens with zero attached hydrogens (tertiary/aromatic N) is 1. The number of carbonyl (C=O) groups excluding carboxylic acids is 2. The molecule has 0 aliphatic carbocycles. The van der Waals surface area contributed by atoms with Crippen molar-refractivity contribution in [1.82, 2.24) is 4.90 Å². The topological polar surface area (TPSA) is 79.9 Å². The first kappa shape index (κ1) is 22.2. The van der Waals surface area contributed by atoms with E-state index in [0.717, 1.165) is 11.3 Å². The molecule has 156 valence electrons. The highest BCUT2D eigenvalue weighted by Gasteiger charge is 2.06. The number of hydrogen-bond donors (Lipinski definition) is 2. The fourth-order valence-corrected chi connectivity index (χ4v) is 2.56. The van der Waals surface area contributed by atoms with Gasteiger partial charge in [-0.3, -0.25) is 9.59 Å². The van der Waals surface area contributed by atoms with Crippen molar-refractivity contribution in [2.75, 3.05) is 51.6 Å². The first-order valence-electron chi connectivity index (χ1n) is 9.52. The van der Waals surface area contributed by atoms with Crippen LogP contribution in [0.1, 0.15) is 12.0 Å². The minimum Gasteiger partial charge on any atom is -0.491 e. The molecule has 0 bridgehead atoms. The maximum atomic E-state index is 12.2. The molecule has 0 aliphatic heterocycles. The predicted molar refractivity (Wildman–Crippen MR) is 114 cm³/mol. The number of amides is 2. The molecule has 2 amide bonds. The number of benzene rings is 2. The third-order valence-electron chi connectivity index (χ3n) is 4.21.